The number of hydrogen-bond donors (Lipinski definition) is 1. The van der Waals surface area contributed by atoms with Gasteiger partial charge in [-0.05, 0) is 31.9 Å². The molecule has 0 aromatic heterocycles. The molecule has 2 rings (SSSR count). The van der Waals surface area contributed by atoms with E-state index in [1.54, 1.807) is 0 Å². The van der Waals surface area contributed by atoms with Gasteiger partial charge < -0.3 is 10.6 Å². The first kappa shape index (κ1) is 15.5. The summed E-state index contributed by atoms with van der Waals surface area (Å²) in [4.78, 5) is 2.11. The summed E-state index contributed by atoms with van der Waals surface area (Å²) < 4.78 is 23.0. The Morgan fingerprint density at radius 2 is 2.05 bits per heavy atom. The van der Waals surface area contributed by atoms with E-state index in [1.165, 1.54) is 5.56 Å². The van der Waals surface area contributed by atoms with Crippen molar-refractivity contribution in [2.75, 3.05) is 25.1 Å². The van der Waals surface area contributed by atoms with Gasteiger partial charge in [0.25, 0.3) is 0 Å². The molecule has 2 unspecified atom stereocenters. The molecule has 2 N–H and O–H groups in total. The van der Waals surface area contributed by atoms with Crippen LogP contribution in [0.2, 0.25) is 0 Å². The van der Waals surface area contributed by atoms with Crippen molar-refractivity contribution in [2.45, 2.75) is 31.3 Å². The van der Waals surface area contributed by atoms with Gasteiger partial charge in [0.2, 0.25) is 0 Å². The minimum Gasteiger partial charge on any atom is -0.327 e. The maximum Gasteiger partial charge on any atom is 0.151 e. The number of rotatable bonds is 6. The maximum absolute atomic E-state index is 11.5. The number of aryl methyl sites for hydroxylation is 1. The fourth-order valence-electron chi connectivity index (χ4n) is 2.73. The van der Waals surface area contributed by atoms with E-state index in [4.69, 9.17) is 5.73 Å². The topological polar surface area (TPSA) is 63.4 Å². The smallest absolute Gasteiger partial charge is 0.151 e. The van der Waals surface area contributed by atoms with Gasteiger partial charge in [-0.3, -0.25) is 0 Å². The van der Waals surface area contributed by atoms with Crippen LogP contribution in [0.4, 0.5) is 0 Å². The number of nitrogens with two attached hydrogens (primary N) is 1. The molecule has 0 spiro atoms. The average molecular weight is 296 g/mol. The molecule has 112 valence electrons. The summed E-state index contributed by atoms with van der Waals surface area (Å²) in [5.41, 5.74) is 7.47. The maximum atomic E-state index is 11.5. The highest BCUT2D eigenvalue weighted by Gasteiger charge is 2.30. The predicted octanol–water partition coefficient (Wildman–Crippen LogP) is 1.07. The lowest BCUT2D eigenvalue weighted by Gasteiger charge is -2.26. The highest BCUT2D eigenvalue weighted by molar-refractivity contribution is 7.91. The molecule has 1 fully saturated rings. The van der Waals surface area contributed by atoms with Crippen molar-refractivity contribution in [3.05, 3.63) is 35.9 Å². The third kappa shape index (κ3) is 4.58. The Hall–Kier alpha value is -0.910. The Morgan fingerprint density at radius 1 is 1.35 bits per heavy atom. The molecular weight excluding hydrogens is 272 g/mol. The molecule has 0 aliphatic carbocycles. The van der Waals surface area contributed by atoms with Crippen LogP contribution in [0.3, 0.4) is 0 Å². The van der Waals surface area contributed by atoms with Crippen LogP contribution in [-0.2, 0) is 16.3 Å². The predicted molar refractivity (Wildman–Crippen MR) is 82.4 cm³/mol. The minimum absolute atomic E-state index is 0.0866. The van der Waals surface area contributed by atoms with E-state index in [2.05, 4.69) is 17.0 Å². The molecule has 0 bridgehead atoms. The van der Waals surface area contributed by atoms with Crippen molar-refractivity contribution in [1.82, 2.24) is 4.90 Å². The molecule has 1 saturated heterocycles. The van der Waals surface area contributed by atoms with Crippen molar-refractivity contribution in [1.29, 1.82) is 0 Å². The lowest BCUT2D eigenvalue weighted by Crippen LogP contribution is -2.41. The van der Waals surface area contributed by atoms with Crippen LogP contribution in [0.1, 0.15) is 18.4 Å². The quantitative estimate of drug-likeness (QED) is 0.853. The summed E-state index contributed by atoms with van der Waals surface area (Å²) in [6.07, 6.45) is 2.64. The van der Waals surface area contributed by atoms with Gasteiger partial charge in [0.15, 0.2) is 9.84 Å². The first-order valence-electron chi connectivity index (χ1n) is 7.16. The fraction of sp³-hybridized carbons (Fsp3) is 0.600. The summed E-state index contributed by atoms with van der Waals surface area (Å²) in [5.74, 6) is 0.607. The van der Waals surface area contributed by atoms with E-state index in [9.17, 15) is 8.42 Å². The Morgan fingerprint density at radius 3 is 2.65 bits per heavy atom. The number of benzene rings is 1. The first-order chi connectivity index (χ1) is 9.46. The molecule has 20 heavy (non-hydrogen) atoms. The van der Waals surface area contributed by atoms with Gasteiger partial charge in [0.05, 0.1) is 11.5 Å². The first-order valence-corrected chi connectivity index (χ1v) is 8.98. The van der Waals surface area contributed by atoms with E-state index in [0.717, 1.165) is 25.8 Å². The van der Waals surface area contributed by atoms with Crippen LogP contribution < -0.4 is 5.73 Å². The largest absolute Gasteiger partial charge is 0.327 e. The highest BCUT2D eigenvalue weighted by atomic mass is 32.2. The van der Waals surface area contributed by atoms with Crippen LogP contribution in [0, 0.1) is 0 Å². The monoisotopic (exact) mass is 296 g/mol. The second kappa shape index (κ2) is 6.70. The SMILES string of the molecule is CN(CC(N)CCc1ccccc1)C1CCS(=O)(=O)C1. The summed E-state index contributed by atoms with van der Waals surface area (Å²) in [5, 5.41) is 0. The highest BCUT2D eigenvalue weighted by Crippen LogP contribution is 2.17. The van der Waals surface area contributed by atoms with E-state index >= 15 is 0 Å². The summed E-state index contributed by atoms with van der Waals surface area (Å²) >= 11 is 0. The van der Waals surface area contributed by atoms with Crippen LogP contribution in [0.15, 0.2) is 30.3 Å². The standard InChI is InChI=1S/C15H24N2O2S/c1-17(15-9-10-20(18,19)12-15)11-14(16)8-7-13-5-3-2-4-6-13/h2-6,14-15H,7-12,16H2,1H3. The summed E-state index contributed by atoms with van der Waals surface area (Å²) in [7, 11) is -0.834. The number of likely N-dealkylation sites (N-methyl/N-ethyl adjacent to an activating group) is 1. The Balaban J connectivity index is 1.75. The zero-order valence-electron chi connectivity index (χ0n) is 12.0. The second-order valence-electron chi connectivity index (χ2n) is 5.78. The van der Waals surface area contributed by atoms with Gasteiger partial charge in [-0.2, -0.15) is 0 Å². The van der Waals surface area contributed by atoms with Crippen LogP contribution in [0.25, 0.3) is 0 Å². The van der Waals surface area contributed by atoms with E-state index in [1.807, 2.05) is 25.2 Å². The van der Waals surface area contributed by atoms with Crippen molar-refractivity contribution in [3.8, 4) is 0 Å². The van der Waals surface area contributed by atoms with E-state index < -0.39 is 9.84 Å². The molecule has 1 aromatic carbocycles. The fourth-order valence-corrected chi connectivity index (χ4v) is 4.54. The third-order valence-corrected chi connectivity index (χ3v) is 5.75. The van der Waals surface area contributed by atoms with Gasteiger partial charge in [-0.15, -0.1) is 0 Å². The Labute approximate surface area is 121 Å². The molecular formula is C15H24N2O2S. The third-order valence-electron chi connectivity index (χ3n) is 4.00. The zero-order valence-corrected chi connectivity index (χ0v) is 12.8. The van der Waals surface area contributed by atoms with Gasteiger partial charge in [-0.25, -0.2) is 8.42 Å². The molecule has 0 saturated carbocycles. The molecule has 0 amide bonds. The molecule has 4 nitrogen and oxygen atoms in total. The van der Waals surface area contributed by atoms with Gasteiger partial charge in [0, 0.05) is 18.6 Å². The zero-order chi connectivity index (χ0) is 14.6. The normalized spacial score (nSPS) is 23.1. The molecule has 1 heterocycles. The van der Waals surface area contributed by atoms with Crippen molar-refractivity contribution < 1.29 is 8.42 Å². The number of sulfone groups is 1. The average Bonchev–Trinajstić information content (AvgIpc) is 2.78. The van der Waals surface area contributed by atoms with Crippen molar-refractivity contribution in [2.24, 2.45) is 5.73 Å². The number of nitrogens with zero attached hydrogens (tertiary/aromatic N) is 1. The van der Waals surface area contributed by atoms with E-state index in [-0.39, 0.29) is 17.8 Å². The molecule has 0 radical (unpaired) electrons. The van der Waals surface area contributed by atoms with Gasteiger partial charge in [-0.1, -0.05) is 30.3 Å². The molecule has 5 heteroatoms. The molecule has 1 aliphatic rings. The van der Waals surface area contributed by atoms with Crippen molar-refractivity contribution >= 4 is 9.84 Å². The van der Waals surface area contributed by atoms with Crippen LogP contribution in [-0.4, -0.2) is 50.5 Å². The van der Waals surface area contributed by atoms with Crippen molar-refractivity contribution in [3.63, 3.8) is 0 Å². The molecule has 1 aromatic rings. The van der Waals surface area contributed by atoms with Gasteiger partial charge >= 0.3 is 0 Å². The Kier molecular flexibility index (Phi) is 5.18. The second-order valence-corrected chi connectivity index (χ2v) is 8.01. The molecule has 2 atom stereocenters. The number of hydrogen-bond acceptors (Lipinski definition) is 4. The van der Waals surface area contributed by atoms with Crippen LogP contribution in [0.5, 0.6) is 0 Å². The Bertz CT molecular complexity index is 516. The summed E-state index contributed by atoms with van der Waals surface area (Å²) in [6, 6.07) is 10.5. The minimum atomic E-state index is -2.81. The lowest BCUT2D eigenvalue weighted by molar-refractivity contribution is 0.242. The lowest BCUT2D eigenvalue weighted by atomic mass is 10.0. The molecule has 1 aliphatic heterocycles. The summed E-state index contributed by atoms with van der Waals surface area (Å²) in [6.45, 7) is 0.757. The van der Waals surface area contributed by atoms with Crippen LogP contribution >= 0.6 is 0 Å². The van der Waals surface area contributed by atoms with E-state index in [0.29, 0.717) is 5.75 Å². The van der Waals surface area contributed by atoms with Gasteiger partial charge in [0.1, 0.15) is 0 Å².